The van der Waals surface area contributed by atoms with Gasteiger partial charge in [0.15, 0.2) is 10.8 Å². The van der Waals surface area contributed by atoms with E-state index < -0.39 is 12.1 Å². The second-order valence-electron chi connectivity index (χ2n) is 10.2. The third-order valence-corrected chi connectivity index (χ3v) is 8.88. The van der Waals surface area contributed by atoms with Gasteiger partial charge in [-0.3, -0.25) is 19.4 Å². The Labute approximate surface area is 208 Å². The summed E-state index contributed by atoms with van der Waals surface area (Å²) in [6, 6.07) is 2.93. The third-order valence-electron chi connectivity index (χ3n) is 7.84. The van der Waals surface area contributed by atoms with Crippen molar-refractivity contribution in [2.75, 3.05) is 13.2 Å². The molecule has 2 aromatic heterocycles. The molecule has 184 valence electrons. The number of thiazole rings is 1. The van der Waals surface area contributed by atoms with E-state index in [4.69, 9.17) is 4.74 Å². The van der Waals surface area contributed by atoms with Crippen molar-refractivity contribution >= 4 is 28.9 Å². The zero-order valence-electron chi connectivity index (χ0n) is 19.7. The van der Waals surface area contributed by atoms with Crippen molar-refractivity contribution in [1.29, 1.82) is 0 Å². The van der Waals surface area contributed by atoms with E-state index >= 15 is 0 Å². The standard InChI is InChI=1S/C26H30N4O4S/c31-19-14-34-20-10-11-30(23(19)20)26(33)22(16-4-2-1-3-5-16)29-24(32)25-28-13-21(35-25)17-8-9-18(27-12-17)15-6-7-15/h8-9,12-13,15-16,20,22-23H,1-7,10-11,14H2,(H,29,32)/t20-,22?,23-/m1/s1. The van der Waals surface area contributed by atoms with E-state index in [0.29, 0.717) is 23.9 Å². The number of nitrogens with one attached hydrogen (secondary N) is 1. The lowest BCUT2D eigenvalue weighted by Gasteiger charge is -2.34. The van der Waals surface area contributed by atoms with Gasteiger partial charge in [-0.1, -0.05) is 25.3 Å². The van der Waals surface area contributed by atoms with E-state index in [-0.39, 0.29) is 36.2 Å². The van der Waals surface area contributed by atoms with Gasteiger partial charge in [-0.2, -0.15) is 0 Å². The van der Waals surface area contributed by atoms with Gasteiger partial charge in [0.2, 0.25) is 5.91 Å². The number of amides is 2. The number of hydrogen-bond donors (Lipinski definition) is 1. The van der Waals surface area contributed by atoms with Gasteiger partial charge in [0.05, 0.1) is 11.0 Å². The Hall–Kier alpha value is -2.65. The SMILES string of the molecule is O=C(NC(C(=O)N1CC[C@H]2OCC(=O)[C@H]21)C1CCCCC1)c1ncc(-c2ccc(C3CC3)nc2)s1. The van der Waals surface area contributed by atoms with E-state index in [1.54, 1.807) is 11.1 Å². The summed E-state index contributed by atoms with van der Waals surface area (Å²) in [5, 5.41) is 3.35. The lowest BCUT2D eigenvalue weighted by molar-refractivity contribution is -0.139. The summed E-state index contributed by atoms with van der Waals surface area (Å²) < 4.78 is 5.57. The van der Waals surface area contributed by atoms with Crippen molar-refractivity contribution in [3.8, 4) is 10.4 Å². The summed E-state index contributed by atoms with van der Waals surface area (Å²) in [6.07, 6.45) is 11.4. The number of Topliss-reactive ketones (excluding diaryl/α,β-unsaturated/α-hetero) is 1. The highest BCUT2D eigenvalue weighted by Gasteiger charge is 2.49. The largest absolute Gasteiger partial charge is 0.368 e. The molecule has 1 unspecified atom stereocenters. The smallest absolute Gasteiger partial charge is 0.280 e. The maximum Gasteiger partial charge on any atom is 0.280 e. The lowest BCUT2D eigenvalue weighted by atomic mass is 9.83. The number of carbonyl (C=O) groups is 3. The molecule has 4 heterocycles. The first-order chi connectivity index (χ1) is 17.1. The highest BCUT2D eigenvalue weighted by Crippen LogP contribution is 2.39. The van der Waals surface area contributed by atoms with E-state index in [1.807, 2.05) is 12.3 Å². The summed E-state index contributed by atoms with van der Waals surface area (Å²) >= 11 is 1.31. The molecule has 0 bridgehead atoms. The number of aromatic nitrogens is 2. The number of rotatable bonds is 6. The Morgan fingerprint density at radius 1 is 1.06 bits per heavy atom. The highest BCUT2D eigenvalue weighted by atomic mass is 32.1. The van der Waals surface area contributed by atoms with Gasteiger partial charge in [-0.15, -0.1) is 11.3 Å². The van der Waals surface area contributed by atoms with Crippen molar-refractivity contribution in [2.45, 2.75) is 75.5 Å². The molecule has 4 aliphatic rings. The zero-order chi connectivity index (χ0) is 23.9. The van der Waals surface area contributed by atoms with Crippen molar-refractivity contribution < 1.29 is 19.1 Å². The summed E-state index contributed by atoms with van der Waals surface area (Å²) in [7, 11) is 0. The Morgan fingerprint density at radius 3 is 2.63 bits per heavy atom. The first-order valence-corrected chi connectivity index (χ1v) is 13.6. The average Bonchev–Trinajstić information content (AvgIpc) is 3.29. The number of fused-ring (bicyclic) bond motifs is 1. The minimum absolute atomic E-state index is 0.0413. The first-order valence-electron chi connectivity index (χ1n) is 12.8. The molecule has 2 saturated carbocycles. The molecular weight excluding hydrogens is 464 g/mol. The van der Waals surface area contributed by atoms with Crippen molar-refractivity contribution in [1.82, 2.24) is 20.2 Å². The van der Waals surface area contributed by atoms with E-state index in [1.165, 1.54) is 24.2 Å². The second kappa shape index (κ2) is 9.43. The van der Waals surface area contributed by atoms with E-state index in [0.717, 1.165) is 48.2 Å². The molecule has 2 aliphatic heterocycles. The Balaban J connectivity index is 1.19. The summed E-state index contributed by atoms with van der Waals surface area (Å²) in [4.78, 5) is 50.8. The van der Waals surface area contributed by atoms with Crippen LogP contribution >= 0.6 is 11.3 Å². The van der Waals surface area contributed by atoms with Gasteiger partial charge in [0.25, 0.3) is 5.91 Å². The van der Waals surface area contributed by atoms with Crippen LogP contribution in [0.3, 0.4) is 0 Å². The molecular formula is C26H30N4O4S. The van der Waals surface area contributed by atoms with Crippen LogP contribution < -0.4 is 5.32 Å². The minimum atomic E-state index is -0.651. The molecule has 2 aliphatic carbocycles. The molecule has 3 atom stereocenters. The summed E-state index contributed by atoms with van der Waals surface area (Å²) in [5.41, 5.74) is 2.06. The molecule has 9 heteroatoms. The lowest BCUT2D eigenvalue weighted by Crippen LogP contribution is -2.55. The van der Waals surface area contributed by atoms with E-state index in [2.05, 4.69) is 21.4 Å². The molecule has 6 rings (SSSR count). The Kier molecular flexibility index (Phi) is 6.14. The van der Waals surface area contributed by atoms with Crippen LogP contribution in [0.5, 0.6) is 0 Å². The van der Waals surface area contributed by atoms with Crippen LogP contribution in [0.1, 0.15) is 72.8 Å². The number of hydrogen-bond acceptors (Lipinski definition) is 7. The van der Waals surface area contributed by atoms with E-state index in [9.17, 15) is 14.4 Å². The molecule has 35 heavy (non-hydrogen) atoms. The maximum absolute atomic E-state index is 13.7. The Bertz CT molecular complexity index is 1120. The van der Waals surface area contributed by atoms with Gasteiger partial charge in [0.1, 0.15) is 18.7 Å². The maximum atomic E-state index is 13.7. The fourth-order valence-electron chi connectivity index (χ4n) is 5.76. The molecule has 8 nitrogen and oxygen atoms in total. The first kappa shape index (κ1) is 22.8. The average molecular weight is 495 g/mol. The number of nitrogens with zero attached hydrogens (tertiary/aromatic N) is 3. The van der Waals surface area contributed by atoms with Crippen molar-refractivity contribution in [3.63, 3.8) is 0 Å². The van der Waals surface area contributed by atoms with Crippen LogP contribution in [0, 0.1) is 5.92 Å². The summed E-state index contributed by atoms with van der Waals surface area (Å²) in [5.74, 6) is 0.125. The van der Waals surface area contributed by atoms with Crippen LogP contribution in [0.4, 0.5) is 0 Å². The third kappa shape index (κ3) is 4.51. The predicted molar refractivity (Wildman–Crippen MR) is 130 cm³/mol. The number of likely N-dealkylation sites (tertiary alicyclic amines) is 1. The minimum Gasteiger partial charge on any atom is -0.368 e. The molecule has 4 fully saturated rings. The molecule has 1 N–H and O–H groups in total. The van der Waals surface area contributed by atoms with Gasteiger partial charge < -0.3 is 15.0 Å². The second-order valence-corrected chi connectivity index (χ2v) is 11.2. The van der Waals surface area contributed by atoms with Crippen LogP contribution in [-0.4, -0.2) is 63.8 Å². The zero-order valence-corrected chi connectivity index (χ0v) is 20.5. The molecule has 2 aromatic rings. The quantitative estimate of drug-likeness (QED) is 0.661. The van der Waals surface area contributed by atoms with Crippen LogP contribution in [0.25, 0.3) is 10.4 Å². The van der Waals surface area contributed by atoms with Crippen molar-refractivity contribution in [3.05, 3.63) is 35.2 Å². The van der Waals surface area contributed by atoms with Gasteiger partial charge in [-0.25, -0.2) is 4.98 Å². The fourth-order valence-corrected chi connectivity index (χ4v) is 6.57. The number of pyridine rings is 1. The Morgan fingerprint density at radius 2 is 1.89 bits per heavy atom. The van der Waals surface area contributed by atoms with Crippen molar-refractivity contribution in [2.24, 2.45) is 5.92 Å². The topological polar surface area (TPSA) is 101 Å². The normalized spacial score (nSPS) is 25.5. The van der Waals surface area contributed by atoms with Crippen LogP contribution in [0.15, 0.2) is 24.5 Å². The van der Waals surface area contributed by atoms with Gasteiger partial charge in [-0.05, 0) is 44.1 Å². The molecule has 0 spiro atoms. The summed E-state index contributed by atoms with van der Waals surface area (Å²) in [6.45, 7) is 0.558. The highest BCUT2D eigenvalue weighted by molar-refractivity contribution is 7.17. The fraction of sp³-hybridized carbons (Fsp3) is 0.577. The molecule has 2 saturated heterocycles. The molecule has 0 aromatic carbocycles. The number of ether oxygens (including phenoxy) is 1. The molecule has 0 radical (unpaired) electrons. The van der Waals surface area contributed by atoms with Gasteiger partial charge in [0, 0.05) is 36.1 Å². The van der Waals surface area contributed by atoms with Crippen LogP contribution in [0.2, 0.25) is 0 Å². The van der Waals surface area contributed by atoms with Gasteiger partial charge >= 0.3 is 0 Å². The number of ketones is 1. The number of carbonyl (C=O) groups excluding carboxylic acids is 3. The predicted octanol–water partition coefficient (Wildman–Crippen LogP) is 3.33. The van der Waals surface area contributed by atoms with Crippen LogP contribution in [-0.2, 0) is 14.3 Å². The monoisotopic (exact) mass is 494 g/mol. The molecule has 2 amide bonds.